The number of anilines is 2. The normalized spacial score (nSPS) is 12.2. The summed E-state index contributed by atoms with van der Waals surface area (Å²) in [4.78, 5) is 12.1. The molecule has 0 bridgehead atoms. The Morgan fingerprint density at radius 2 is 2.04 bits per heavy atom. The average Bonchev–Trinajstić information content (AvgIpc) is 3.01. The van der Waals surface area contributed by atoms with Crippen LogP contribution in [0.4, 0.5) is 10.8 Å². The molecular formula is C18H26N4OS2. The number of amides is 1. The second-order valence-electron chi connectivity index (χ2n) is 6.36. The van der Waals surface area contributed by atoms with Gasteiger partial charge < -0.3 is 10.6 Å². The van der Waals surface area contributed by atoms with Crippen LogP contribution in [0.25, 0.3) is 0 Å². The highest BCUT2D eigenvalue weighted by atomic mass is 32.2. The summed E-state index contributed by atoms with van der Waals surface area (Å²) in [6, 6.07) is 6.27. The van der Waals surface area contributed by atoms with Crippen molar-refractivity contribution >= 4 is 39.8 Å². The van der Waals surface area contributed by atoms with Gasteiger partial charge in [0.2, 0.25) is 11.0 Å². The Morgan fingerprint density at radius 3 is 2.72 bits per heavy atom. The van der Waals surface area contributed by atoms with Crippen LogP contribution in [-0.2, 0) is 11.2 Å². The number of thioether (sulfide) groups is 1. The molecule has 25 heavy (non-hydrogen) atoms. The van der Waals surface area contributed by atoms with Crippen molar-refractivity contribution in [2.75, 3.05) is 11.9 Å². The number of para-hydroxylation sites is 1. The standard InChI is InChI=1S/C18H26N4OS2/c1-6-14-9-7-8-12(4)15(14)20-17-21-22-18(25-17)24-13(5)16(23)19-10-11(2)3/h7-9,11,13H,6,10H2,1-5H3,(H,19,23)(H,20,21). The van der Waals surface area contributed by atoms with Gasteiger partial charge >= 0.3 is 0 Å². The summed E-state index contributed by atoms with van der Waals surface area (Å²) in [6.45, 7) is 11.0. The third-order valence-electron chi connectivity index (χ3n) is 3.71. The van der Waals surface area contributed by atoms with E-state index in [2.05, 4.69) is 66.7 Å². The molecule has 1 aromatic carbocycles. The fraction of sp³-hybridized carbons (Fsp3) is 0.500. The quantitative estimate of drug-likeness (QED) is 0.666. The second kappa shape index (κ2) is 9.20. The Balaban J connectivity index is 2.00. The summed E-state index contributed by atoms with van der Waals surface area (Å²) in [5.41, 5.74) is 3.54. The van der Waals surface area contributed by atoms with Gasteiger partial charge in [-0.25, -0.2) is 0 Å². The van der Waals surface area contributed by atoms with Crippen molar-refractivity contribution in [2.24, 2.45) is 5.92 Å². The van der Waals surface area contributed by atoms with Crippen LogP contribution >= 0.6 is 23.1 Å². The summed E-state index contributed by atoms with van der Waals surface area (Å²) in [6.07, 6.45) is 0.956. The molecule has 136 valence electrons. The molecule has 5 nitrogen and oxygen atoms in total. The van der Waals surface area contributed by atoms with Gasteiger partial charge in [0.1, 0.15) is 0 Å². The topological polar surface area (TPSA) is 66.9 Å². The first-order valence-electron chi connectivity index (χ1n) is 8.54. The van der Waals surface area contributed by atoms with Crippen LogP contribution in [0.1, 0.15) is 38.8 Å². The summed E-state index contributed by atoms with van der Waals surface area (Å²) in [7, 11) is 0. The molecule has 0 spiro atoms. The van der Waals surface area contributed by atoms with Gasteiger partial charge in [-0.3, -0.25) is 4.79 Å². The SMILES string of the molecule is CCc1cccc(C)c1Nc1nnc(SC(C)C(=O)NCC(C)C)s1. The van der Waals surface area contributed by atoms with E-state index in [1.807, 2.05) is 6.92 Å². The summed E-state index contributed by atoms with van der Waals surface area (Å²) >= 11 is 2.92. The van der Waals surface area contributed by atoms with E-state index in [4.69, 9.17) is 0 Å². The van der Waals surface area contributed by atoms with Crippen molar-refractivity contribution in [3.63, 3.8) is 0 Å². The van der Waals surface area contributed by atoms with Crippen LogP contribution in [0, 0.1) is 12.8 Å². The zero-order valence-electron chi connectivity index (χ0n) is 15.4. The lowest BCUT2D eigenvalue weighted by molar-refractivity contribution is -0.120. The monoisotopic (exact) mass is 378 g/mol. The lowest BCUT2D eigenvalue weighted by atomic mass is 10.1. The number of aromatic nitrogens is 2. The molecule has 1 aromatic heterocycles. The van der Waals surface area contributed by atoms with Crippen molar-refractivity contribution in [3.8, 4) is 0 Å². The molecule has 0 aliphatic rings. The molecule has 0 saturated heterocycles. The minimum absolute atomic E-state index is 0.0376. The first kappa shape index (κ1) is 19.7. The Hall–Kier alpha value is -1.60. The van der Waals surface area contributed by atoms with Gasteiger partial charge in [0, 0.05) is 12.2 Å². The molecule has 0 aliphatic heterocycles. The highest BCUT2D eigenvalue weighted by Crippen LogP contribution is 2.32. The molecule has 2 aromatic rings. The fourth-order valence-corrected chi connectivity index (χ4v) is 4.19. The zero-order valence-corrected chi connectivity index (χ0v) is 17.1. The van der Waals surface area contributed by atoms with Crippen molar-refractivity contribution in [1.82, 2.24) is 15.5 Å². The van der Waals surface area contributed by atoms with E-state index in [1.54, 1.807) is 0 Å². The zero-order chi connectivity index (χ0) is 18.4. The molecule has 0 radical (unpaired) electrons. The van der Waals surface area contributed by atoms with E-state index in [0.29, 0.717) is 12.5 Å². The second-order valence-corrected chi connectivity index (χ2v) is 8.93. The lowest BCUT2D eigenvalue weighted by Gasteiger charge is -2.12. The van der Waals surface area contributed by atoms with Crippen molar-refractivity contribution in [3.05, 3.63) is 29.3 Å². The predicted molar refractivity (Wildman–Crippen MR) is 107 cm³/mol. The first-order chi connectivity index (χ1) is 11.9. The van der Waals surface area contributed by atoms with E-state index in [-0.39, 0.29) is 11.2 Å². The molecule has 0 fully saturated rings. The van der Waals surface area contributed by atoms with Crippen LogP contribution in [0.15, 0.2) is 22.5 Å². The summed E-state index contributed by atoms with van der Waals surface area (Å²) in [5, 5.41) is 15.3. The van der Waals surface area contributed by atoms with Gasteiger partial charge in [-0.2, -0.15) is 0 Å². The molecule has 1 unspecified atom stereocenters. The van der Waals surface area contributed by atoms with Crippen molar-refractivity contribution < 1.29 is 4.79 Å². The molecular weight excluding hydrogens is 352 g/mol. The minimum atomic E-state index is -0.191. The maximum atomic E-state index is 12.1. The Kier molecular flexibility index (Phi) is 7.25. The van der Waals surface area contributed by atoms with Crippen LogP contribution in [0.2, 0.25) is 0 Å². The van der Waals surface area contributed by atoms with Gasteiger partial charge in [0.25, 0.3) is 0 Å². The van der Waals surface area contributed by atoms with Gasteiger partial charge in [0.15, 0.2) is 4.34 Å². The Morgan fingerprint density at radius 1 is 1.28 bits per heavy atom. The maximum absolute atomic E-state index is 12.1. The third kappa shape index (κ3) is 5.71. The predicted octanol–water partition coefficient (Wildman–Crippen LogP) is 4.41. The number of nitrogens with one attached hydrogen (secondary N) is 2. The van der Waals surface area contributed by atoms with Gasteiger partial charge in [-0.05, 0) is 37.3 Å². The Bertz CT molecular complexity index is 715. The van der Waals surface area contributed by atoms with Crippen molar-refractivity contribution in [1.29, 1.82) is 0 Å². The average molecular weight is 379 g/mol. The number of nitrogens with zero attached hydrogens (tertiary/aromatic N) is 2. The van der Waals surface area contributed by atoms with Crippen LogP contribution in [-0.4, -0.2) is 27.9 Å². The van der Waals surface area contributed by atoms with E-state index in [9.17, 15) is 4.79 Å². The molecule has 1 amide bonds. The number of aryl methyl sites for hydroxylation is 2. The van der Waals surface area contributed by atoms with E-state index in [1.165, 1.54) is 34.2 Å². The van der Waals surface area contributed by atoms with E-state index in [0.717, 1.165) is 21.6 Å². The molecule has 0 aliphatic carbocycles. The number of carbonyl (C=O) groups is 1. The largest absolute Gasteiger partial charge is 0.355 e. The molecule has 2 N–H and O–H groups in total. The number of benzene rings is 1. The third-order valence-corrected chi connectivity index (χ3v) is 5.73. The molecule has 2 rings (SSSR count). The number of rotatable bonds is 8. The maximum Gasteiger partial charge on any atom is 0.233 e. The van der Waals surface area contributed by atoms with Gasteiger partial charge in [-0.15, -0.1) is 10.2 Å². The lowest BCUT2D eigenvalue weighted by Crippen LogP contribution is -2.33. The number of hydrogen-bond donors (Lipinski definition) is 2. The molecule has 1 heterocycles. The number of hydrogen-bond acceptors (Lipinski definition) is 6. The molecule has 7 heteroatoms. The van der Waals surface area contributed by atoms with Gasteiger partial charge in [-0.1, -0.05) is 62.1 Å². The fourth-order valence-electron chi connectivity index (χ4n) is 2.27. The van der Waals surface area contributed by atoms with Crippen LogP contribution < -0.4 is 10.6 Å². The van der Waals surface area contributed by atoms with E-state index < -0.39 is 0 Å². The Labute approximate surface area is 158 Å². The van der Waals surface area contributed by atoms with Crippen LogP contribution in [0.3, 0.4) is 0 Å². The number of carbonyl (C=O) groups excluding carboxylic acids is 1. The first-order valence-corrected chi connectivity index (χ1v) is 10.2. The van der Waals surface area contributed by atoms with E-state index >= 15 is 0 Å². The molecule has 0 saturated carbocycles. The minimum Gasteiger partial charge on any atom is -0.355 e. The highest BCUT2D eigenvalue weighted by Gasteiger charge is 2.17. The smallest absolute Gasteiger partial charge is 0.233 e. The summed E-state index contributed by atoms with van der Waals surface area (Å²) in [5.74, 6) is 0.482. The molecule has 1 atom stereocenters. The summed E-state index contributed by atoms with van der Waals surface area (Å²) < 4.78 is 0.793. The van der Waals surface area contributed by atoms with Gasteiger partial charge in [0.05, 0.1) is 5.25 Å². The van der Waals surface area contributed by atoms with Crippen molar-refractivity contribution in [2.45, 2.75) is 50.6 Å². The highest BCUT2D eigenvalue weighted by molar-refractivity contribution is 8.02. The van der Waals surface area contributed by atoms with Crippen LogP contribution in [0.5, 0.6) is 0 Å².